The molecule has 0 atom stereocenters. The molecular weight excluding hydrogens is 196 g/mol. The van der Waals surface area contributed by atoms with Gasteiger partial charge in [-0.15, -0.1) is 0 Å². The van der Waals surface area contributed by atoms with Crippen molar-refractivity contribution in [1.29, 1.82) is 0 Å². The zero-order valence-corrected chi connectivity index (χ0v) is 10.1. The molecule has 0 aliphatic heterocycles. The number of rotatable bonds is 3. The van der Waals surface area contributed by atoms with Gasteiger partial charge >= 0.3 is 0 Å². The van der Waals surface area contributed by atoms with Crippen molar-refractivity contribution in [1.82, 2.24) is 9.88 Å². The fraction of sp³-hybridized carbons (Fsp3) is 0.286. The molecule has 0 fully saturated rings. The Kier molecular flexibility index (Phi) is 3.11. The summed E-state index contributed by atoms with van der Waals surface area (Å²) in [7, 11) is 1.97. The van der Waals surface area contributed by atoms with Crippen LogP contribution in [0.25, 0.3) is 5.69 Å². The molecule has 16 heavy (non-hydrogen) atoms. The molecule has 1 aromatic carbocycles. The van der Waals surface area contributed by atoms with Crippen LogP contribution in [0.5, 0.6) is 0 Å². The van der Waals surface area contributed by atoms with Crippen LogP contribution < -0.4 is 5.32 Å². The van der Waals surface area contributed by atoms with E-state index < -0.39 is 0 Å². The maximum atomic E-state index is 3.19. The quantitative estimate of drug-likeness (QED) is 0.831. The van der Waals surface area contributed by atoms with Gasteiger partial charge in [0.2, 0.25) is 0 Å². The molecule has 1 N–H and O–H groups in total. The van der Waals surface area contributed by atoms with Gasteiger partial charge in [0, 0.05) is 24.1 Å². The summed E-state index contributed by atoms with van der Waals surface area (Å²) in [5.74, 6) is 0. The summed E-state index contributed by atoms with van der Waals surface area (Å²) in [5, 5.41) is 3.19. The van der Waals surface area contributed by atoms with Crippen molar-refractivity contribution in [2.24, 2.45) is 0 Å². The van der Waals surface area contributed by atoms with Crippen molar-refractivity contribution in [3.05, 3.63) is 53.3 Å². The lowest BCUT2D eigenvalue weighted by molar-refractivity contribution is 0.767. The SMILES string of the molecule is CNCc1cccn1-c1cccc(C)c1C. The zero-order valence-electron chi connectivity index (χ0n) is 10.1. The highest BCUT2D eigenvalue weighted by Crippen LogP contribution is 2.19. The van der Waals surface area contributed by atoms with Crippen molar-refractivity contribution >= 4 is 0 Å². The van der Waals surface area contributed by atoms with Gasteiger partial charge in [0.15, 0.2) is 0 Å². The van der Waals surface area contributed by atoms with Crippen LogP contribution >= 0.6 is 0 Å². The van der Waals surface area contributed by atoms with E-state index in [0.29, 0.717) is 0 Å². The number of benzene rings is 1. The molecule has 2 rings (SSSR count). The number of aryl methyl sites for hydroxylation is 1. The summed E-state index contributed by atoms with van der Waals surface area (Å²) in [5.41, 5.74) is 5.24. The summed E-state index contributed by atoms with van der Waals surface area (Å²) in [6, 6.07) is 10.7. The first-order valence-corrected chi connectivity index (χ1v) is 5.61. The van der Waals surface area contributed by atoms with Crippen molar-refractivity contribution in [3.8, 4) is 5.69 Å². The van der Waals surface area contributed by atoms with Gasteiger partial charge in [0.05, 0.1) is 0 Å². The Labute approximate surface area is 96.9 Å². The molecule has 1 heterocycles. The lowest BCUT2D eigenvalue weighted by atomic mass is 10.1. The van der Waals surface area contributed by atoms with E-state index in [1.165, 1.54) is 22.5 Å². The van der Waals surface area contributed by atoms with Crippen LogP contribution in [0.2, 0.25) is 0 Å². The van der Waals surface area contributed by atoms with Crippen molar-refractivity contribution in [3.63, 3.8) is 0 Å². The van der Waals surface area contributed by atoms with E-state index >= 15 is 0 Å². The third kappa shape index (κ3) is 1.89. The molecule has 0 saturated heterocycles. The first-order chi connectivity index (χ1) is 7.74. The summed E-state index contributed by atoms with van der Waals surface area (Å²) in [6.45, 7) is 5.22. The second kappa shape index (κ2) is 4.54. The molecule has 2 heteroatoms. The van der Waals surface area contributed by atoms with Crippen LogP contribution in [0.15, 0.2) is 36.5 Å². The van der Waals surface area contributed by atoms with Crippen LogP contribution in [0.3, 0.4) is 0 Å². The Morgan fingerprint density at radius 2 is 1.94 bits per heavy atom. The summed E-state index contributed by atoms with van der Waals surface area (Å²) < 4.78 is 2.25. The predicted molar refractivity (Wildman–Crippen MR) is 68.0 cm³/mol. The molecule has 2 aromatic rings. The Hall–Kier alpha value is -1.54. The number of hydrogen-bond donors (Lipinski definition) is 1. The lowest BCUT2D eigenvalue weighted by Gasteiger charge is -2.13. The van der Waals surface area contributed by atoms with E-state index in [2.05, 4.69) is 60.3 Å². The number of aromatic nitrogens is 1. The minimum Gasteiger partial charge on any atom is -0.319 e. The van der Waals surface area contributed by atoms with Gasteiger partial charge in [-0.05, 0) is 50.2 Å². The first kappa shape index (κ1) is 11.0. The van der Waals surface area contributed by atoms with Crippen LogP contribution in [0, 0.1) is 13.8 Å². The monoisotopic (exact) mass is 214 g/mol. The van der Waals surface area contributed by atoms with Gasteiger partial charge in [-0.2, -0.15) is 0 Å². The van der Waals surface area contributed by atoms with E-state index in [4.69, 9.17) is 0 Å². The van der Waals surface area contributed by atoms with E-state index in [1.807, 2.05) is 7.05 Å². The molecule has 0 unspecified atom stereocenters. The molecule has 1 aromatic heterocycles. The van der Waals surface area contributed by atoms with Gasteiger partial charge < -0.3 is 9.88 Å². The second-order valence-electron chi connectivity index (χ2n) is 4.12. The summed E-state index contributed by atoms with van der Waals surface area (Å²) in [4.78, 5) is 0. The third-order valence-electron chi connectivity index (χ3n) is 3.03. The highest BCUT2D eigenvalue weighted by atomic mass is 15.0. The van der Waals surface area contributed by atoms with E-state index in [9.17, 15) is 0 Å². The molecule has 0 aliphatic carbocycles. The zero-order chi connectivity index (χ0) is 11.5. The van der Waals surface area contributed by atoms with Crippen LogP contribution in [-0.2, 0) is 6.54 Å². The van der Waals surface area contributed by atoms with Crippen molar-refractivity contribution in [2.45, 2.75) is 20.4 Å². The van der Waals surface area contributed by atoms with Gasteiger partial charge in [-0.3, -0.25) is 0 Å². The highest BCUT2D eigenvalue weighted by molar-refractivity contribution is 5.46. The third-order valence-corrected chi connectivity index (χ3v) is 3.03. The molecule has 0 bridgehead atoms. The Bertz CT molecular complexity index is 483. The highest BCUT2D eigenvalue weighted by Gasteiger charge is 2.06. The Balaban J connectivity index is 2.50. The number of hydrogen-bond acceptors (Lipinski definition) is 1. The molecule has 0 saturated carbocycles. The van der Waals surface area contributed by atoms with Crippen LogP contribution in [-0.4, -0.2) is 11.6 Å². The van der Waals surface area contributed by atoms with Crippen LogP contribution in [0.1, 0.15) is 16.8 Å². The average Bonchev–Trinajstić information content (AvgIpc) is 2.71. The number of nitrogens with zero attached hydrogens (tertiary/aromatic N) is 1. The molecule has 0 aliphatic rings. The molecule has 0 spiro atoms. The minimum absolute atomic E-state index is 0.889. The van der Waals surface area contributed by atoms with Crippen molar-refractivity contribution in [2.75, 3.05) is 7.05 Å². The number of nitrogens with one attached hydrogen (secondary N) is 1. The normalized spacial score (nSPS) is 10.7. The van der Waals surface area contributed by atoms with Gasteiger partial charge in [0.1, 0.15) is 0 Å². The topological polar surface area (TPSA) is 17.0 Å². The molecule has 84 valence electrons. The second-order valence-corrected chi connectivity index (χ2v) is 4.12. The minimum atomic E-state index is 0.889. The Morgan fingerprint density at radius 1 is 1.12 bits per heavy atom. The predicted octanol–water partition coefficient (Wildman–Crippen LogP) is 2.81. The van der Waals surface area contributed by atoms with Gasteiger partial charge in [0.25, 0.3) is 0 Å². The fourth-order valence-corrected chi connectivity index (χ4v) is 1.97. The molecular formula is C14H18N2. The summed E-state index contributed by atoms with van der Waals surface area (Å²) >= 11 is 0. The van der Waals surface area contributed by atoms with Gasteiger partial charge in [-0.1, -0.05) is 12.1 Å². The standard InChI is InChI=1S/C14H18N2/c1-11-6-4-8-14(12(11)2)16-9-5-7-13(16)10-15-3/h4-9,15H,10H2,1-3H3. The Morgan fingerprint density at radius 3 is 2.69 bits per heavy atom. The smallest absolute Gasteiger partial charge is 0.0484 e. The van der Waals surface area contributed by atoms with E-state index in [-0.39, 0.29) is 0 Å². The first-order valence-electron chi connectivity index (χ1n) is 5.61. The average molecular weight is 214 g/mol. The van der Waals surface area contributed by atoms with E-state index in [1.54, 1.807) is 0 Å². The molecule has 2 nitrogen and oxygen atoms in total. The largest absolute Gasteiger partial charge is 0.319 e. The molecule has 0 radical (unpaired) electrons. The maximum absolute atomic E-state index is 3.19. The van der Waals surface area contributed by atoms with E-state index in [0.717, 1.165) is 6.54 Å². The summed E-state index contributed by atoms with van der Waals surface area (Å²) in [6.07, 6.45) is 2.12. The maximum Gasteiger partial charge on any atom is 0.0484 e. The molecule has 0 amide bonds. The fourth-order valence-electron chi connectivity index (χ4n) is 1.97. The van der Waals surface area contributed by atoms with Crippen molar-refractivity contribution < 1.29 is 0 Å². The lowest BCUT2D eigenvalue weighted by Crippen LogP contribution is -2.10. The van der Waals surface area contributed by atoms with Gasteiger partial charge in [-0.25, -0.2) is 0 Å². The van der Waals surface area contributed by atoms with Crippen LogP contribution in [0.4, 0.5) is 0 Å².